The minimum atomic E-state index is -0.381. The molecule has 1 aliphatic rings. The van der Waals surface area contributed by atoms with Crippen LogP contribution >= 0.6 is 15.9 Å². The van der Waals surface area contributed by atoms with Crippen molar-refractivity contribution >= 4 is 33.4 Å². The number of nitrogens with one attached hydrogen (secondary N) is 1. The second kappa shape index (κ2) is 9.96. The Balaban J connectivity index is 1.74. The van der Waals surface area contributed by atoms with E-state index in [0.717, 1.165) is 45.1 Å². The summed E-state index contributed by atoms with van der Waals surface area (Å²) in [6.45, 7) is 2.86. The minimum absolute atomic E-state index is 0.0430. The number of fused-ring (bicyclic) bond motifs is 1. The molecule has 2 rings (SSSR count). The molecule has 0 bridgehead atoms. The summed E-state index contributed by atoms with van der Waals surface area (Å²) in [4.78, 5) is 41.3. The predicted octanol–water partition coefficient (Wildman–Crippen LogP) is 1.95. The first kappa shape index (κ1) is 21.5. The lowest BCUT2D eigenvalue weighted by Crippen LogP contribution is -2.32. The van der Waals surface area contributed by atoms with Gasteiger partial charge in [0.05, 0.1) is 6.67 Å². The van der Waals surface area contributed by atoms with E-state index in [1.807, 2.05) is 11.9 Å². The molecule has 152 valence electrons. The number of unbranched alkanes of at least 4 members (excludes halogenated alkanes) is 4. The van der Waals surface area contributed by atoms with Crippen LogP contribution in [0.2, 0.25) is 0 Å². The van der Waals surface area contributed by atoms with Gasteiger partial charge in [-0.05, 0) is 19.3 Å². The average Bonchev–Trinajstić information content (AvgIpc) is 2.94. The fraction of sp³-hybridized carbons (Fsp3) is 0.722. The number of H-pyrrole nitrogens is 1. The summed E-state index contributed by atoms with van der Waals surface area (Å²) in [6, 6.07) is 0. The van der Waals surface area contributed by atoms with Crippen LogP contribution in [0, 0.1) is 0 Å². The summed E-state index contributed by atoms with van der Waals surface area (Å²) in [5, 5.41) is 0.673. The number of rotatable bonds is 10. The van der Waals surface area contributed by atoms with Crippen molar-refractivity contribution in [2.24, 2.45) is 7.05 Å². The van der Waals surface area contributed by atoms with Gasteiger partial charge in [0.15, 0.2) is 0 Å². The number of aromatic amines is 1. The molecule has 0 spiro atoms. The first-order valence-corrected chi connectivity index (χ1v) is 10.5. The number of nitrogens with zero attached hydrogens (tertiary/aromatic N) is 3. The first-order valence-electron chi connectivity index (χ1n) is 9.37. The number of esters is 1. The lowest BCUT2D eigenvalue weighted by molar-refractivity contribution is -0.145. The second-order valence-corrected chi connectivity index (χ2v) is 7.68. The highest BCUT2D eigenvalue weighted by molar-refractivity contribution is 9.09. The Labute approximate surface area is 167 Å². The summed E-state index contributed by atoms with van der Waals surface area (Å²) in [5.74, 6) is 0.469. The van der Waals surface area contributed by atoms with Gasteiger partial charge in [-0.3, -0.25) is 19.1 Å². The third-order valence-corrected chi connectivity index (χ3v) is 5.51. The molecule has 0 saturated heterocycles. The van der Waals surface area contributed by atoms with E-state index in [1.165, 1.54) is 11.5 Å². The Kier molecular flexibility index (Phi) is 7.94. The molecule has 0 radical (unpaired) electrons. The molecular formula is C18H29BrN4O4. The molecule has 0 amide bonds. The van der Waals surface area contributed by atoms with Gasteiger partial charge < -0.3 is 14.5 Å². The van der Waals surface area contributed by atoms with Crippen LogP contribution < -0.4 is 21.0 Å². The Morgan fingerprint density at radius 1 is 1.19 bits per heavy atom. The maximum absolute atomic E-state index is 12.1. The van der Waals surface area contributed by atoms with Crippen molar-refractivity contribution in [1.29, 1.82) is 0 Å². The predicted molar refractivity (Wildman–Crippen MR) is 110 cm³/mol. The molecule has 27 heavy (non-hydrogen) atoms. The molecule has 1 aromatic rings. The summed E-state index contributed by atoms with van der Waals surface area (Å²) in [7, 11) is 3.55. The zero-order valence-electron chi connectivity index (χ0n) is 16.3. The van der Waals surface area contributed by atoms with Crippen LogP contribution in [-0.4, -0.2) is 47.2 Å². The summed E-state index contributed by atoms with van der Waals surface area (Å²) >= 11 is 3.37. The van der Waals surface area contributed by atoms with Crippen LogP contribution in [0.3, 0.4) is 0 Å². The summed E-state index contributed by atoms with van der Waals surface area (Å²) < 4.78 is 6.73. The SMILES string of the molecule is CC(=O)OC(CBr)CCCCCCCN1CN(C)c2c1n(C)c(=O)[nH]c2=O. The zero-order chi connectivity index (χ0) is 20.0. The number of ether oxygens (including phenoxy) is 1. The largest absolute Gasteiger partial charge is 0.462 e. The maximum atomic E-state index is 12.1. The van der Waals surface area contributed by atoms with Crippen molar-refractivity contribution in [1.82, 2.24) is 9.55 Å². The molecule has 0 saturated carbocycles. The van der Waals surface area contributed by atoms with Crippen LogP contribution in [0.4, 0.5) is 11.5 Å². The van der Waals surface area contributed by atoms with Crippen molar-refractivity contribution in [3.63, 3.8) is 0 Å². The van der Waals surface area contributed by atoms with E-state index in [9.17, 15) is 14.4 Å². The quantitative estimate of drug-likeness (QED) is 0.337. The highest BCUT2D eigenvalue weighted by atomic mass is 79.9. The fourth-order valence-corrected chi connectivity index (χ4v) is 3.94. The van der Waals surface area contributed by atoms with Gasteiger partial charge in [0, 0.05) is 32.9 Å². The van der Waals surface area contributed by atoms with Crippen LogP contribution in [0.5, 0.6) is 0 Å². The molecular weight excluding hydrogens is 416 g/mol. The van der Waals surface area contributed by atoms with E-state index in [-0.39, 0.29) is 23.3 Å². The van der Waals surface area contributed by atoms with Gasteiger partial charge in [0.2, 0.25) is 0 Å². The van der Waals surface area contributed by atoms with Crippen LogP contribution in [-0.2, 0) is 16.6 Å². The number of carbonyl (C=O) groups excluding carboxylic acids is 1. The molecule has 9 heteroatoms. The van der Waals surface area contributed by atoms with Crippen molar-refractivity contribution in [3.8, 4) is 0 Å². The molecule has 0 aromatic carbocycles. The van der Waals surface area contributed by atoms with E-state index in [0.29, 0.717) is 23.5 Å². The Hall–Kier alpha value is -1.77. The topological polar surface area (TPSA) is 87.6 Å². The first-order chi connectivity index (χ1) is 12.8. The van der Waals surface area contributed by atoms with E-state index in [2.05, 4.69) is 25.8 Å². The van der Waals surface area contributed by atoms with E-state index < -0.39 is 0 Å². The summed E-state index contributed by atoms with van der Waals surface area (Å²) in [5.41, 5.74) is -0.149. The van der Waals surface area contributed by atoms with Gasteiger partial charge >= 0.3 is 11.7 Å². The third-order valence-electron chi connectivity index (χ3n) is 4.79. The Morgan fingerprint density at radius 2 is 1.85 bits per heavy atom. The minimum Gasteiger partial charge on any atom is -0.462 e. The maximum Gasteiger partial charge on any atom is 0.329 e. The second-order valence-electron chi connectivity index (χ2n) is 7.04. The van der Waals surface area contributed by atoms with Crippen LogP contribution in [0.25, 0.3) is 0 Å². The highest BCUT2D eigenvalue weighted by Crippen LogP contribution is 2.29. The van der Waals surface area contributed by atoms with Gasteiger partial charge in [-0.2, -0.15) is 0 Å². The monoisotopic (exact) mass is 444 g/mol. The van der Waals surface area contributed by atoms with Gasteiger partial charge in [-0.1, -0.05) is 35.2 Å². The molecule has 1 unspecified atom stereocenters. The van der Waals surface area contributed by atoms with Crippen LogP contribution in [0.15, 0.2) is 9.59 Å². The number of anilines is 2. The summed E-state index contributed by atoms with van der Waals surface area (Å²) in [6.07, 6.45) is 6.15. The molecule has 2 heterocycles. The van der Waals surface area contributed by atoms with Gasteiger partial charge in [0.25, 0.3) is 5.56 Å². The average molecular weight is 445 g/mol. The zero-order valence-corrected chi connectivity index (χ0v) is 17.9. The normalized spacial score (nSPS) is 14.4. The molecule has 0 aliphatic carbocycles. The lowest BCUT2D eigenvalue weighted by atomic mass is 10.1. The molecule has 1 aliphatic heterocycles. The van der Waals surface area contributed by atoms with Gasteiger partial charge in [0.1, 0.15) is 17.6 Å². The molecule has 0 fully saturated rings. The van der Waals surface area contributed by atoms with E-state index >= 15 is 0 Å². The number of aromatic nitrogens is 2. The molecule has 8 nitrogen and oxygen atoms in total. The van der Waals surface area contributed by atoms with Crippen molar-refractivity contribution in [2.45, 2.75) is 51.6 Å². The number of alkyl halides is 1. The Morgan fingerprint density at radius 3 is 2.52 bits per heavy atom. The Bertz CT molecular complexity index is 761. The van der Waals surface area contributed by atoms with Crippen molar-refractivity contribution < 1.29 is 9.53 Å². The molecule has 1 atom stereocenters. The standard InChI is InChI=1S/C18H29BrN4O4/c1-13(24)27-14(11-19)9-7-5-4-6-8-10-23-12-21(2)15-16(25)20-18(26)22(3)17(15)23/h14H,4-12H2,1-3H3,(H,20,25,26). The fourth-order valence-electron chi connectivity index (χ4n) is 3.48. The molecule has 1 aromatic heterocycles. The number of hydrogen-bond donors (Lipinski definition) is 1. The van der Waals surface area contributed by atoms with Crippen LogP contribution in [0.1, 0.15) is 45.4 Å². The highest BCUT2D eigenvalue weighted by Gasteiger charge is 2.28. The number of halogens is 1. The lowest BCUT2D eigenvalue weighted by Gasteiger charge is -2.20. The van der Waals surface area contributed by atoms with E-state index in [1.54, 1.807) is 7.05 Å². The number of hydrogen-bond acceptors (Lipinski definition) is 6. The van der Waals surface area contributed by atoms with Crippen molar-refractivity contribution in [3.05, 3.63) is 20.8 Å². The van der Waals surface area contributed by atoms with Gasteiger partial charge in [-0.25, -0.2) is 4.79 Å². The smallest absolute Gasteiger partial charge is 0.329 e. The van der Waals surface area contributed by atoms with Gasteiger partial charge in [-0.15, -0.1) is 0 Å². The van der Waals surface area contributed by atoms with E-state index in [4.69, 9.17) is 4.74 Å². The van der Waals surface area contributed by atoms with Crippen molar-refractivity contribution in [2.75, 3.05) is 35.4 Å². The number of carbonyl (C=O) groups is 1. The third kappa shape index (κ3) is 5.60. The molecule has 1 N–H and O–H groups in total.